The minimum atomic E-state index is 0.0303. The summed E-state index contributed by atoms with van der Waals surface area (Å²) in [5.41, 5.74) is 1.08. The molecule has 1 amide bonds. The second-order valence-corrected chi connectivity index (χ2v) is 7.25. The summed E-state index contributed by atoms with van der Waals surface area (Å²) in [6, 6.07) is 12.8. The molecule has 2 heterocycles. The van der Waals surface area contributed by atoms with Gasteiger partial charge in [-0.15, -0.1) is 11.3 Å². The quantitative estimate of drug-likeness (QED) is 0.698. The Hall–Kier alpha value is -2.32. The molecule has 0 unspecified atom stereocenters. The lowest BCUT2D eigenvalue weighted by molar-refractivity contribution is -0.0622. The molecule has 4 nitrogen and oxygen atoms in total. The monoisotopic (exact) mass is 323 g/mol. The molecule has 0 bridgehead atoms. The van der Waals surface area contributed by atoms with Crippen molar-refractivity contribution in [1.29, 1.82) is 0 Å². The number of terminal acetylenes is 1. The lowest BCUT2D eigenvalue weighted by atomic mass is 9.64. The summed E-state index contributed by atoms with van der Waals surface area (Å²) in [6.07, 6.45) is 9.97. The van der Waals surface area contributed by atoms with Gasteiger partial charge in [0.05, 0.1) is 6.20 Å². The van der Waals surface area contributed by atoms with Crippen LogP contribution in [0.5, 0.6) is 0 Å². The van der Waals surface area contributed by atoms with Gasteiger partial charge in [-0.25, -0.2) is 4.98 Å². The van der Waals surface area contributed by atoms with Gasteiger partial charge in [0.25, 0.3) is 5.91 Å². The number of carbonyl (C=O) groups is 1. The minimum Gasteiger partial charge on any atom is -0.343 e. The fraction of sp³-hybridized carbons (Fsp3) is 0.333. The standard InChI is InChI=1S/C18H17N3OS/c1-2-19-14-10-18(11-14)8-9-21(18)17(22)15-12-20-16(23-15)13-6-4-3-5-7-13/h1,3-7,12,14,19H,8-11H2. The lowest BCUT2D eigenvalue weighted by Crippen LogP contribution is -2.71. The fourth-order valence-electron chi connectivity index (χ4n) is 3.58. The van der Waals surface area contributed by atoms with Crippen molar-refractivity contribution in [2.45, 2.75) is 30.8 Å². The average molecular weight is 323 g/mol. The fourth-order valence-corrected chi connectivity index (χ4v) is 4.45. The van der Waals surface area contributed by atoms with Gasteiger partial charge in [-0.05, 0) is 19.3 Å². The summed E-state index contributed by atoms with van der Waals surface area (Å²) in [5.74, 6) is 0.107. The highest BCUT2D eigenvalue weighted by Gasteiger charge is 2.56. The normalized spacial score (nSPS) is 25.3. The molecule has 2 aromatic rings. The smallest absolute Gasteiger partial charge is 0.266 e. The van der Waals surface area contributed by atoms with Crippen LogP contribution in [0, 0.1) is 12.5 Å². The molecule has 1 aromatic heterocycles. The summed E-state index contributed by atoms with van der Waals surface area (Å²) in [7, 11) is 0. The second-order valence-electron chi connectivity index (χ2n) is 6.22. The number of nitrogens with zero attached hydrogens (tertiary/aromatic N) is 2. The van der Waals surface area contributed by atoms with Gasteiger partial charge in [0.1, 0.15) is 9.88 Å². The van der Waals surface area contributed by atoms with Crippen LogP contribution in [-0.2, 0) is 0 Å². The summed E-state index contributed by atoms with van der Waals surface area (Å²) >= 11 is 1.47. The number of thiazole rings is 1. The third-order valence-electron chi connectivity index (χ3n) is 4.90. The van der Waals surface area contributed by atoms with Crippen LogP contribution in [-0.4, -0.2) is 33.9 Å². The third-order valence-corrected chi connectivity index (χ3v) is 5.93. The molecule has 23 heavy (non-hydrogen) atoms. The van der Waals surface area contributed by atoms with Gasteiger partial charge >= 0.3 is 0 Å². The van der Waals surface area contributed by atoms with Crippen molar-refractivity contribution in [3.05, 3.63) is 41.4 Å². The van der Waals surface area contributed by atoms with E-state index in [9.17, 15) is 4.79 Å². The van der Waals surface area contributed by atoms with E-state index >= 15 is 0 Å². The summed E-state index contributed by atoms with van der Waals surface area (Å²) in [5, 5.41) is 3.90. The highest BCUT2D eigenvalue weighted by Crippen LogP contribution is 2.48. The van der Waals surface area contributed by atoms with Crippen LogP contribution in [0.2, 0.25) is 0 Å². The molecule has 2 fully saturated rings. The molecule has 1 saturated carbocycles. The maximum Gasteiger partial charge on any atom is 0.266 e. The number of amides is 1. The zero-order valence-electron chi connectivity index (χ0n) is 12.7. The Balaban J connectivity index is 1.48. The molecule has 1 aliphatic carbocycles. The van der Waals surface area contributed by atoms with Gasteiger partial charge in [-0.3, -0.25) is 4.79 Å². The molecular formula is C18H17N3OS. The predicted molar refractivity (Wildman–Crippen MR) is 90.9 cm³/mol. The van der Waals surface area contributed by atoms with Crippen LogP contribution >= 0.6 is 11.3 Å². The van der Waals surface area contributed by atoms with E-state index in [0.717, 1.165) is 41.3 Å². The molecular weight excluding hydrogens is 306 g/mol. The first-order valence-corrected chi connectivity index (χ1v) is 8.58. The number of likely N-dealkylation sites (tertiary alicyclic amines) is 1. The molecule has 0 radical (unpaired) electrons. The van der Waals surface area contributed by atoms with Crippen molar-refractivity contribution in [2.24, 2.45) is 0 Å². The summed E-state index contributed by atoms with van der Waals surface area (Å²) in [4.78, 5) is 19.9. The second kappa shape index (κ2) is 5.39. The van der Waals surface area contributed by atoms with Crippen LogP contribution in [0.1, 0.15) is 28.9 Å². The van der Waals surface area contributed by atoms with E-state index < -0.39 is 0 Å². The summed E-state index contributed by atoms with van der Waals surface area (Å²) in [6.45, 7) is 0.834. The lowest BCUT2D eigenvalue weighted by Gasteiger charge is -2.61. The van der Waals surface area contributed by atoms with E-state index in [4.69, 9.17) is 6.42 Å². The Kier molecular flexibility index (Phi) is 3.35. The molecule has 0 atom stereocenters. The Morgan fingerprint density at radius 3 is 2.83 bits per heavy atom. The molecule has 1 N–H and O–H groups in total. The van der Waals surface area contributed by atoms with Crippen molar-refractivity contribution < 1.29 is 4.79 Å². The highest BCUT2D eigenvalue weighted by atomic mass is 32.1. The number of nitrogens with one attached hydrogen (secondary N) is 1. The highest BCUT2D eigenvalue weighted by molar-refractivity contribution is 7.16. The Labute approximate surface area is 139 Å². The Bertz CT molecular complexity index is 771. The number of hydrogen-bond donors (Lipinski definition) is 1. The van der Waals surface area contributed by atoms with E-state index in [0.29, 0.717) is 6.04 Å². The van der Waals surface area contributed by atoms with Crippen molar-refractivity contribution in [3.8, 4) is 23.0 Å². The maximum atomic E-state index is 12.8. The molecule has 2 aliphatic rings. The Morgan fingerprint density at radius 2 is 2.17 bits per heavy atom. The molecule has 4 rings (SSSR count). The van der Waals surface area contributed by atoms with Gasteiger partial charge < -0.3 is 10.2 Å². The minimum absolute atomic E-state index is 0.0303. The number of aromatic nitrogens is 1. The van der Waals surface area contributed by atoms with Crippen LogP contribution in [0.15, 0.2) is 36.5 Å². The van der Waals surface area contributed by atoms with Crippen molar-refractivity contribution in [3.63, 3.8) is 0 Å². The van der Waals surface area contributed by atoms with Crippen LogP contribution in [0.25, 0.3) is 10.6 Å². The average Bonchev–Trinajstić information content (AvgIpc) is 3.00. The van der Waals surface area contributed by atoms with Gasteiger partial charge in [-0.2, -0.15) is 0 Å². The predicted octanol–water partition coefficient (Wildman–Crippen LogP) is 2.74. The number of rotatable bonds is 3. The van der Waals surface area contributed by atoms with Gasteiger partial charge in [-0.1, -0.05) is 36.8 Å². The summed E-state index contributed by atoms with van der Waals surface area (Å²) < 4.78 is 0. The molecule has 1 aromatic carbocycles. The first-order chi connectivity index (χ1) is 11.2. The largest absolute Gasteiger partial charge is 0.343 e. The van der Waals surface area contributed by atoms with Crippen molar-refractivity contribution in [1.82, 2.24) is 15.2 Å². The maximum absolute atomic E-state index is 12.8. The molecule has 116 valence electrons. The first kappa shape index (κ1) is 14.3. The van der Waals surface area contributed by atoms with E-state index in [2.05, 4.69) is 16.3 Å². The van der Waals surface area contributed by atoms with Crippen molar-refractivity contribution in [2.75, 3.05) is 6.54 Å². The van der Waals surface area contributed by atoms with E-state index in [1.54, 1.807) is 6.20 Å². The molecule has 1 saturated heterocycles. The van der Waals surface area contributed by atoms with Crippen LogP contribution in [0.3, 0.4) is 0 Å². The number of carbonyl (C=O) groups excluding carboxylic acids is 1. The first-order valence-electron chi connectivity index (χ1n) is 7.76. The number of hydrogen-bond acceptors (Lipinski definition) is 4. The molecule has 1 spiro atoms. The number of benzene rings is 1. The van der Waals surface area contributed by atoms with E-state index in [1.807, 2.05) is 35.2 Å². The third kappa shape index (κ3) is 2.30. The van der Waals surface area contributed by atoms with E-state index in [1.165, 1.54) is 11.3 Å². The SMILES string of the molecule is C#CNC1CC2(CCN2C(=O)c2cnc(-c3ccccc3)s2)C1. The zero-order valence-corrected chi connectivity index (χ0v) is 13.5. The van der Waals surface area contributed by atoms with E-state index in [-0.39, 0.29) is 11.4 Å². The zero-order chi connectivity index (χ0) is 15.9. The molecule has 5 heteroatoms. The van der Waals surface area contributed by atoms with Gasteiger partial charge in [0, 0.05) is 29.7 Å². The van der Waals surface area contributed by atoms with Crippen molar-refractivity contribution >= 4 is 17.2 Å². The van der Waals surface area contributed by atoms with Crippen LogP contribution < -0.4 is 5.32 Å². The Morgan fingerprint density at radius 1 is 1.39 bits per heavy atom. The van der Waals surface area contributed by atoms with Crippen LogP contribution in [0.4, 0.5) is 0 Å². The van der Waals surface area contributed by atoms with Gasteiger partial charge in [0.15, 0.2) is 0 Å². The molecule has 1 aliphatic heterocycles. The topological polar surface area (TPSA) is 45.2 Å². The van der Waals surface area contributed by atoms with Gasteiger partial charge in [0.2, 0.25) is 0 Å².